The molecule has 5 N–H and O–H groups in total. The predicted molar refractivity (Wildman–Crippen MR) is 76.8 cm³/mol. The van der Waals surface area contributed by atoms with E-state index in [1.807, 2.05) is 0 Å². The number of carbonyl (C=O) groups is 1. The fourth-order valence-corrected chi connectivity index (χ4v) is 2.14. The molecule has 11 heteroatoms. The number of azo groups is 1. The molecular weight excluding hydrogens is 312 g/mol. The molecule has 0 aliphatic rings. The van der Waals surface area contributed by atoms with Gasteiger partial charge in [-0.15, -0.1) is 5.11 Å². The van der Waals surface area contributed by atoms with Crippen LogP contribution in [-0.4, -0.2) is 24.2 Å². The van der Waals surface area contributed by atoms with E-state index in [4.69, 9.17) is 10.9 Å². The van der Waals surface area contributed by atoms with Gasteiger partial charge in [-0.3, -0.25) is 9.89 Å². The number of H-pyrrole nitrogens is 1. The van der Waals surface area contributed by atoms with Gasteiger partial charge >= 0.3 is 11.6 Å². The quantitative estimate of drug-likeness (QED) is 0.699. The van der Waals surface area contributed by atoms with Gasteiger partial charge in [0.25, 0.3) is 0 Å². The Morgan fingerprint density at radius 2 is 1.82 bits per heavy atom. The molecule has 1 heterocycles. The van der Waals surface area contributed by atoms with Crippen molar-refractivity contribution in [3.05, 3.63) is 40.3 Å². The van der Waals surface area contributed by atoms with E-state index >= 15 is 0 Å². The molecule has 1 amide bonds. The number of hydrogen-bond acceptors (Lipinski definition) is 6. The van der Waals surface area contributed by atoms with Gasteiger partial charge in [0, 0.05) is 0 Å². The first kappa shape index (κ1) is 15.6. The number of primary amides is 1. The van der Waals surface area contributed by atoms with Crippen LogP contribution in [0.4, 0.5) is 16.2 Å². The molecule has 0 bridgehead atoms. The largest absolute Gasteiger partial charge is 0.350 e. The Labute approximate surface area is 124 Å². The van der Waals surface area contributed by atoms with E-state index in [-0.39, 0.29) is 10.6 Å². The van der Waals surface area contributed by atoms with Crippen LogP contribution >= 0.6 is 0 Å². The van der Waals surface area contributed by atoms with Gasteiger partial charge in [-0.05, 0) is 31.2 Å². The van der Waals surface area contributed by atoms with Crippen LogP contribution in [0.2, 0.25) is 0 Å². The first-order valence-corrected chi connectivity index (χ1v) is 7.41. The third-order valence-electron chi connectivity index (χ3n) is 2.69. The van der Waals surface area contributed by atoms with Crippen molar-refractivity contribution in [1.82, 2.24) is 9.78 Å². The van der Waals surface area contributed by atoms with Gasteiger partial charge in [-0.25, -0.2) is 18.4 Å². The van der Waals surface area contributed by atoms with Crippen molar-refractivity contribution in [3.63, 3.8) is 0 Å². The zero-order valence-corrected chi connectivity index (χ0v) is 12.2. The summed E-state index contributed by atoms with van der Waals surface area (Å²) in [6.07, 6.45) is 0. The summed E-state index contributed by atoms with van der Waals surface area (Å²) < 4.78 is 22.8. The van der Waals surface area contributed by atoms with Crippen molar-refractivity contribution < 1.29 is 13.2 Å². The number of amides is 1. The number of hydrogen-bond donors (Lipinski definition) is 3. The molecule has 10 nitrogen and oxygen atoms in total. The van der Waals surface area contributed by atoms with E-state index in [0.29, 0.717) is 16.1 Å². The number of aryl methyl sites for hydroxylation is 1. The van der Waals surface area contributed by atoms with Crippen molar-refractivity contribution in [2.45, 2.75) is 11.8 Å². The minimum Gasteiger partial charge on any atom is -0.350 e. The highest BCUT2D eigenvalue weighted by Crippen LogP contribution is 2.19. The molecule has 0 aliphatic heterocycles. The van der Waals surface area contributed by atoms with Gasteiger partial charge < -0.3 is 5.73 Å². The first-order valence-electron chi connectivity index (χ1n) is 5.86. The molecule has 2 aromatic rings. The minimum absolute atomic E-state index is 0.0691. The topological polar surface area (TPSA) is 166 Å². The number of carbonyl (C=O) groups excluding carboxylic acids is 1. The molecule has 1 aromatic heterocycles. The fraction of sp³-hybridized carbons (Fsp3) is 0.0909. The summed E-state index contributed by atoms with van der Waals surface area (Å²) in [7, 11) is -3.79. The molecule has 22 heavy (non-hydrogen) atoms. The van der Waals surface area contributed by atoms with Crippen LogP contribution in [0, 0.1) is 6.92 Å². The summed E-state index contributed by atoms with van der Waals surface area (Å²) in [5.41, 5.74) is 4.83. The summed E-state index contributed by atoms with van der Waals surface area (Å²) in [6.45, 7) is 1.53. The highest BCUT2D eigenvalue weighted by Gasteiger charge is 2.13. The third-order valence-corrected chi connectivity index (χ3v) is 3.62. The van der Waals surface area contributed by atoms with Crippen LogP contribution in [0.1, 0.15) is 5.69 Å². The molecule has 2 rings (SSSR count). The highest BCUT2D eigenvalue weighted by atomic mass is 32.2. The highest BCUT2D eigenvalue weighted by molar-refractivity contribution is 7.89. The van der Waals surface area contributed by atoms with Crippen molar-refractivity contribution in [1.29, 1.82) is 0 Å². The van der Waals surface area contributed by atoms with Crippen molar-refractivity contribution in [2.24, 2.45) is 21.1 Å². The van der Waals surface area contributed by atoms with Gasteiger partial charge in [-0.1, -0.05) is 0 Å². The predicted octanol–water partition coefficient (Wildman–Crippen LogP) is 0.474. The average molecular weight is 324 g/mol. The summed E-state index contributed by atoms with van der Waals surface area (Å²) in [5, 5.41) is 15.0. The number of rotatable bonds is 3. The zero-order valence-electron chi connectivity index (χ0n) is 11.3. The van der Waals surface area contributed by atoms with Crippen molar-refractivity contribution >= 4 is 27.4 Å². The maximum Gasteiger partial charge on any atom is 0.341 e. The van der Waals surface area contributed by atoms with Gasteiger partial charge in [0.1, 0.15) is 0 Å². The van der Waals surface area contributed by atoms with E-state index < -0.39 is 21.6 Å². The lowest BCUT2D eigenvalue weighted by Gasteiger charge is -1.97. The van der Waals surface area contributed by atoms with Crippen LogP contribution in [0.5, 0.6) is 0 Å². The normalized spacial score (nSPS) is 11.9. The molecule has 0 radical (unpaired) electrons. The summed E-state index contributed by atoms with van der Waals surface area (Å²) in [5.74, 6) is 0. The Morgan fingerprint density at radius 1 is 1.23 bits per heavy atom. The molecule has 0 spiro atoms. The molecule has 0 saturated heterocycles. The number of benzene rings is 1. The standard InChI is InChI=1S/C11H12N6O4S/c1-6-9(10(18)17(16-6)11(12)19)15-14-7-2-4-8(5-3-7)22(13,20)21/h2-5,16H,1H3,(H2,12,19)(H2,13,20,21). The molecule has 0 fully saturated rings. The number of nitrogens with two attached hydrogens (primary N) is 2. The molecule has 0 unspecified atom stereocenters. The van der Waals surface area contributed by atoms with Crippen LogP contribution in [0.3, 0.4) is 0 Å². The van der Waals surface area contributed by atoms with Crippen molar-refractivity contribution in [2.75, 3.05) is 0 Å². The van der Waals surface area contributed by atoms with Crippen LogP contribution in [-0.2, 0) is 10.0 Å². The maximum atomic E-state index is 11.8. The molecule has 0 saturated carbocycles. The van der Waals surface area contributed by atoms with E-state index in [2.05, 4.69) is 15.3 Å². The van der Waals surface area contributed by atoms with Crippen LogP contribution in [0.15, 0.2) is 44.2 Å². The van der Waals surface area contributed by atoms with E-state index in [1.54, 1.807) is 0 Å². The SMILES string of the molecule is Cc1[nH]n(C(N)=O)c(=O)c1N=Nc1ccc(S(N)(=O)=O)cc1. The molecule has 1 aromatic carbocycles. The Bertz CT molecular complexity index is 907. The number of primary sulfonamides is 1. The monoisotopic (exact) mass is 324 g/mol. The minimum atomic E-state index is -3.79. The number of sulfonamides is 1. The summed E-state index contributed by atoms with van der Waals surface area (Å²) in [6, 6.07) is 4.30. The summed E-state index contributed by atoms with van der Waals surface area (Å²) >= 11 is 0. The maximum absolute atomic E-state index is 11.8. The van der Waals surface area contributed by atoms with Crippen molar-refractivity contribution in [3.8, 4) is 0 Å². The number of aromatic amines is 1. The van der Waals surface area contributed by atoms with Crippen LogP contribution < -0.4 is 16.4 Å². The molecule has 116 valence electrons. The second kappa shape index (κ2) is 5.54. The third kappa shape index (κ3) is 3.10. The van der Waals surface area contributed by atoms with Crippen LogP contribution in [0.25, 0.3) is 0 Å². The lowest BCUT2D eigenvalue weighted by molar-refractivity contribution is 0.247. The second-order valence-corrected chi connectivity index (χ2v) is 5.86. The Kier molecular flexibility index (Phi) is 3.93. The van der Waals surface area contributed by atoms with E-state index in [9.17, 15) is 18.0 Å². The smallest absolute Gasteiger partial charge is 0.341 e. The molecule has 0 aliphatic carbocycles. The fourth-order valence-electron chi connectivity index (χ4n) is 1.62. The molecular formula is C11H12N6O4S. The van der Waals surface area contributed by atoms with E-state index in [1.165, 1.54) is 31.2 Å². The zero-order chi connectivity index (χ0) is 16.5. The Balaban J connectivity index is 2.34. The lowest BCUT2D eigenvalue weighted by atomic mass is 10.3. The average Bonchev–Trinajstić information content (AvgIpc) is 2.71. The lowest BCUT2D eigenvalue weighted by Crippen LogP contribution is -2.29. The Hall–Kier alpha value is -2.79. The second-order valence-electron chi connectivity index (χ2n) is 4.30. The molecule has 0 atom stereocenters. The summed E-state index contributed by atoms with van der Waals surface area (Å²) in [4.78, 5) is 22.8. The van der Waals surface area contributed by atoms with Gasteiger partial charge in [0.15, 0.2) is 5.69 Å². The Morgan fingerprint density at radius 3 is 2.27 bits per heavy atom. The van der Waals surface area contributed by atoms with Gasteiger partial charge in [-0.2, -0.15) is 9.80 Å². The number of aromatic nitrogens is 2. The van der Waals surface area contributed by atoms with Gasteiger partial charge in [0.05, 0.1) is 16.3 Å². The number of nitrogens with zero attached hydrogens (tertiary/aromatic N) is 3. The number of nitrogens with one attached hydrogen (secondary N) is 1. The first-order chi connectivity index (χ1) is 10.2. The van der Waals surface area contributed by atoms with Gasteiger partial charge in [0.2, 0.25) is 10.0 Å². The van der Waals surface area contributed by atoms with E-state index in [0.717, 1.165) is 0 Å².